The molecule has 0 aliphatic heterocycles. The van der Waals surface area contributed by atoms with Crippen molar-refractivity contribution in [2.45, 2.75) is 32.6 Å². The van der Waals surface area contributed by atoms with Crippen LogP contribution in [-0.2, 0) is 5.41 Å². The van der Waals surface area contributed by atoms with E-state index in [1.165, 1.54) is 19.4 Å². The summed E-state index contributed by atoms with van der Waals surface area (Å²) < 4.78 is 21.7. The number of benzene rings is 2. The van der Waals surface area contributed by atoms with E-state index in [0.717, 1.165) is 38.7 Å². The molecule has 3 N–H and O–H groups in total. The van der Waals surface area contributed by atoms with Crippen LogP contribution in [0.2, 0.25) is 0 Å². The number of rotatable bonds is 7. The molecule has 0 spiro atoms. The Bertz CT molecular complexity index is 1570. The molecule has 8 heteroatoms. The number of fused-ring (bicyclic) bond motifs is 1. The summed E-state index contributed by atoms with van der Waals surface area (Å²) in [5.74, 6) is -0.343. The lowest BCUT2D eigenvalue weighted by Crippen LogP contribution is -2.22. The number of pyridine rings is 1. The van der Waals surface area contributed by atoms with Crippen LogP contribution in [0.5, 0.6) is 5.75 Å². The summed E-state index contributed by atoms with van der Waals surface area (Å²) in [6.07, 6.45) is 3.37. The van der Waals surface area contributed by atoms with E-state index >= 15 is 0 Å². The van der Waals surface area contributed by atoms with Gasteiger partial charge in [0.1, 0.15) is 0 Å². The van der Waals surface area contributed by atoms with E-state index in [4.69, 9.17) is 20.9 Å². The maximum absolute atomic E-state index is 14.4. The van der Waals surface area contributed by atoms with Gasteiger partial charge in [-0.1, -0.05) is 21.8 Å². The number of anilines is 1. The summed E-state index contributed by atoms with van der Waals surface area (Å²) in [6.45, 7) is 10.5. The van der Waals surface area contributed by atoms with Crippen LogP contribution in [0.25, 0.3) is 27.7 Å². The Balaban J connectivity index is 2.23. The minimum absolute atomic E-state index is 0.119. The van der Waals surface area contributed by atoms with Gasteiger partial charge in [-0.05, 0) is 56.1 Å². The molecule has 2 aromatic carbocycles. The van der Waals surface area contributed by atoms with Crippen molar-refractivity contribution in [1.29, 1.82) is 10.7 Å². The average molecular weight is 516 g/mol. The molecule has 2 aromatic heterocycles. The van der Waals surface area contributed by atoms with Crippen molar-refractivity contribution in [3.63, 3.8) is 0 Å². The molecule has 6 nitrogen and oxygen atoms in total. The summed E-state index contributed by atoms with van der Waals surface area (Å²) in [6, 6.07) is 13.0. The molecule has 0 atom stereocenters. The number of halogens is 1. The highest BCUT2D eigenvalue weighted by molar-refractivity contribution is 7.63. The van der Waals surface area contributed by atoms with Crippen molar-refractivity contribution in [3.8, 4) is 28.6 Å². The quantitative estimate of drug-likeness (QED) is 0.172. The zero-order valence-corrected chi connectivity index (χ0v) is 22.9. The Morgan fingerprint density at radius 1 is 1.24 bits per heavy atom. The Labute approximate surface area is 218 Å². The van der Waals surface area contributed by atoms with Gasteiger partial charge in [-0.15, -0.1) is 0 Å². The predicted octanol–water partition coefficient (Wildman–Crippen LogP) is 6.29. The Hall–Kier alpha value is -3.75. The van der Waals surface area contributed by atoms with Gasteiger partial charge in [0, 0.05) is 69.5 Å². The van der Waals surface area contributed by atoms with Crippen LogP contribution in [-0.4, -0.2) is 36.2 Å². The largest absolute Gasteiger partial charge is 0.494 e. The summed E-state index contributed by atoms with van der Waals surface area (Å²) in [7, 11) is 1.06. The molecule has 4 aromatic rings. The highest BCUT2D eigenvalue weighted by Gasteiger charge is 2.33. The molecule has 0 fully saturated rings. The van der Waals surface area contributed by atoms with Crippen LogP contribution >= 0.6 is 7.92 Å². The molecule has 0 aliphatic rings. The average Bonchev–Trinajstić information content (AvgIpc) is 3.18. The number of methoxy groups -OCH3 is 1. The zero-order valence-electron chi connectivity index (χ0n) is 22.0. The number of aromatic nitrogens is 2. The number of hydrogen-bond acceptors (Lipinski definition) is 5. The monoisotopic (exact) mass is 515 g/mol. The van der Waals surface area contributed by atoms with Gasteiger partial charge in [0.15, 0.2) is 11.6 Å². The number of nitrogens with one attached hydrogen (secondary N) is 1. The summed E-state index contributed by atoms with van der Waals surface area (Å²) in [4.78, 5) is 4.82. The van der Waals surface area contributed by atoms with Crippen molar-refractivity contribution in [2.24, 2.45) is 0 Å². The van der Waals surface area contributed by atoms with Crippen molar-refractivity contribution in [1.82, 2.24) is 9.55 Å². The first-order chi connectivity index (χ1) is 17.5. The van der Waals surface area contributed by atoms with Crippen LogP contribution in [0.15, 0.2) is 42.6 Å². The van der Waals surface area contributed by atoms with Crippen LogP contribution < -0.4 is 15.9 Å². The zero-order chi connectivity index (χ0) is 27.1. The third-order valence-electron chi connectivity index (χ3n) is 6.65. The van der Waals surface area contributed by atoms with Crippen molar-refractivity contribution in [2.75, 3.05) is 26.2 Å². The normalized spacial score (nSPS) is 11.6. The van der Waals surface area contributed by atoms with Gasteiger partial charge in [0.05, 0.1) is 24.1 Å². The van der Waals surface area contributed by atoms with Gasteiger partial charge >= 0.3 is 0 Å². The molecule has 0 radical (unpaired) electrons. The molecule has 0 unspecified atom stereocenters. The maximum atomic E-state index is 14.4. The van der Waals surface area contributed by atoms with Gasteiger partial charge in [0.25, 0.3) is 0 Å². The molecule has 0 amide bonds. The minimum atomic E-state index is -0.598. The van der Waals surface area contributed by atoms with Crippen molar-refractivity contribution >= 4 is 36.2 Å². The fourth-order valence-corrected chi connectivity index (χ4v) is 5.99. The second kappa shape index (κ2) is 9.95. The van der Waals surface area contributed by atoms with Gasteiger partial charge in [-0.25, -0.2) is 4.39 Å². The molecule has 4 rings (SSSR count). The Kier molecular flexibility index (Phi) is 7.08. The summed E-state index contributed by atoms with van der Waals surface area (Å²) >= 11 is 0. The molecular weight excluding hydrogens is 484 g/mol. The van der Waals surface area contributed by atoms with Gasteiger partial charge in [-0.2, -0.15) is 5.26 Å². The number of ether oxygens (including phenoxy) is 1. The molecule has 0 aliphatic carbocycles. The van der Waals surface area contributed by atoms with E-state index in [2.05, 4.69) is 32.4 Å². The number of nitrogen functional groups attached to an aromatic ring is 1. The van der Waals surface area contributed by atoms with E-state index in [-0.39, 0.29) is 20.1 Å². The topological polar surface area (TPSA) is 101 Å². The molecule has 190 valence electrons. The Morgan fingerprint density at radius 2 is 1.97 bits per heavy atom. The van der Waals surface area contributed by atoms with E-state index in [0.29, 0.717) is 16.9 Å². The highest BCUT2D eigenvalue weighted by Crippen LogP contribution is 2.45. The van der Waals surface area contributed by atoms with Gasteiger partial charge in [0.2, 0.25) is 0 Å². The third kappa shape index (κ3) is 4.58. The standard InChI is InChI=1S/C29H31FN5OP/c1-17-11-19(16-34-28(17)37(5)6)26-21-14-23(33)18(15-32)12-24(21)35(27(26)29(2,3)9-10-31)20-7-8-22(30)25(13-20)36-4/h7-8,11-16,32H,9,33H2,1-6H3. The number of nitrogens with two attached hydrogens (primary N) is 1. The Morgan fingerprint density at radius 3 is 2.57 bits per heavy atom. The van der Waals surface area contributed by atoms with E-state index in [9.17, 15) is 9.65 Å². The molecule has 37 heavy (non-hydrogen) atoms. The lowest BCUT2D eigenvalue weighted by Gasteiger charge is -2.27. The summed E-state index contributed by atoms with van der Waals surface area (Å²) in [5.41, 5.74) is 13.2. The fourth-order valence-electron chi connectivity index (χ4n) is 4.93. The number of nitriles is 1. The lowest BCUT2D eigenvalue weighted by molar-refractivity contribution is 0.386. The smallest absolute Gasteiger partial charge is 0.165 e. The fraction of sp³-hybridized carbons (Fsp3) is 0.276. The summed E-state index contributed by atoms with van der Waals surface area (Å²) in [5, 5.41) is 18.5. The SMILES string of the molecule is COc1cc(-n2c(C(C)(C)CC#N)c(-c3cnc(P(C)C)c(C)c3)c3cc(N)c(C=N)cc32)ccc1F. The molecular formula is C29H31FN5OP. The predicted molar refractivity (Wildman–Crippen MR) is 152 cm³/mol. The van der Waals surface area contributed by atoms with Crippen LogP contribution in [0.4, 0.5) is 10.1 Å². The van der Waals surface area contributed by atoms with Crippen molar-refractivity contribution in [3.05, 3.63) is 65.2 Å². The van der Waals surface area contributed by atoms with Crippen LogP contribution in [0, 0.1) is 29.5 Å². The minimum Gasteiger partial charge on any atom is -0.494 e. The van der Waals surface area contributed by atoms with Gasteiger partial charge < -0.3 is 20.4 Å². The van der Waals surface area contributed by atoms with Gasteiger partial charge in [-0.3, -0.25) is 4.98 Å². The number of hydrogen-bond donors (Lipinski definition) is 2. The van der Waals surface area contributed by atoms with E-state index in [1.807, 2.05) is 36.7 Å². The van der Waals surface area contributed by atoms with E-state index < -0.39 is 11.2 Å². The highest BCUT2D eigenvalue weighted by atomic mass is 31.1. The molecule has 2 heterocycles. The second-order valence-electron chi connectivity index (χ2n) is 10.00. The molecule has 0 saturated carbocycles. The van der Waals surface area contributed by atoms with Crippen LogP contribution in [0.1, 0.15) is 37.1 Å². The van der Waals surface area contributed by atoms with E-state index in [1.54, 1.807) is 12.1 Å². The third-order valence-corrected chi connectivity index (χ3v) is 7.96. The first-order valence-electron chi connectivity index (χ1n) is 11.9. The number of nitrogens with zero attached hydrogens (tertiary/aromatic N) is 3. The molecule has 0 saturated heterocycles. The van der Waals surface area contributed by atoms with Crippen LogP contribution in [0.3, 0.4) is 0 Å². The first-order valence-corrected chi connectivity index (χ1v) is 14.1. The van der Waals surface area contributed by atoms with Crippen molar-refractivity contribution < 1.29 is 9.13 Å². The lowest BCUT2D eigenvalue weighted by atomic mass is 9.82. The second-order valence-corrected chi connectivity index (χ2v) is 12.2. The maximum Gasteiger partial charge on any atom is 0.165 e. The first kappa shape index (κ1) is 26.3. The molecule has 0 bridgehead atoms. The number of aryl methyl sites for hydroxylation is 1.